The number of esters is 2. The van der Waals surface area contributed by atoms with Gasteiger partial charge in [0, 0.05) is 112 Å². The van der Waals surface area contributed by atoms with Gasteiger partial charge in [-0.15, -0.1) is 11.3 Å². The van der Waals surface area contributed by atoms with Gasteiger partial charge >= 0.3 is 47.9 Å². The number of carbonyl (C=O) groups excluding carboxylic acids is 15. The molecular formula is C93H132N12O28S3. The second-order valence-electron chi connectivity index (χ2n) is 33.5. The average Bonchev–Trinajstić information content (AvgIpc) is 1.27. The lowest BCUT2D eigenvalue weighted by Gasteiger charge is -2.39. The molecule has 43 heteroatoms. The molecule has 1 saturated heterocycles. The second kappa shape index (κ2) is 62.6. The topological polar surface area (TPSA) is 604 Å². The average molecular weight is 1960 g/mol. The van der Waals surface area contributed by atoms with E-state index in [-0.39, 0.29) is 137 Å². The lowest BCUT2D eigenvalue weighted by molar-refractivity contribution is -0.162. The molecule has 1 aliphatic rings. The highest BCUT2D eigenvalue weighted by atomic mass is 33.1. The standard InChI is InChI=1S/C48H73N5O11S.C45H59N7O17S2/c1-10-15-44(58)63-29-53(47(60)37(31(6)12-3)25-41(56)39-16-13-14-21-52(39)9)40(30(4)5)26-43(64-33(8)54)46-51-38(28-65-46)45(59)50-35(24-34-17-19-36(55)20-18-34)23-32(7)42(57)27-49-48(61)62-22-11-2;1-70-71-24-29(43(64)65)21-35(55)33(22-40(60)61)50-42(63)30(46)23-48-41(62)28(18-26-8-4-2-5-9-26)20-34(54)32(19-27-10-6-3-7-11-27)49-37(57)16-17-47-36(56)13-12-31(44(66)67)51-45(68)52-38(69-25-53)14-15-39(58)59/h17-20,28,30-32,35,37,39-40,43,55H,10-16,21-27,29H2,1-9H3,(H,49,61)(H,50,59);2-11,25,28-33,38H,12-24,46H2,1H3,(H,47,56)(H,48,62)(H,49,57)(H,50,63)(H,58,59)(H,60,61)(H,64,65)(H,66,67)(H2,51,52,68)/t31?,32-,35+,37-,39+,40+,43+;28-,29-,30+,31+,32+,33+,38-/m01/s1. The summed E-state index contributed by atoms with van der Waals surface area (Å²) in [5, 5.41) is 68.7. The zero-order valence-electron chi connectivity index (χ0n) is 78.5. The summed E-state index contributed by atoms with van der Waals surface area (Å²) >= 11 is 1.11. The Morgan fingerprint density at radius 1 is 0.647 bits per heavy atom. The maximum atomic E-state index is 14.9. The zero-order chi connectivity index (χ0) is 101. The highest BCUT2D eigenvalue weighted by Gasteiger charge is 2.41. The molecule has 1 aromatic heterocycles. The van der Waals surface area contributed by atoms with E-state index in [1.807, 2.05) is 48.6 Å². The molecule has 3 aromatic carbocycles. The van der Waals surface area contributed by atoms with Gasteiger partial charge < -0.3 is 97.6 Å². The van der Waals surface area contributed by atoms with E-state index in [0.717, 1.165) is 42.7 Å². The predicted octanol–water partition coefficient (Wildman–Crippen LogP) is 7.18. The Morgan fingerprint density at radius 3 is 1.88 bits per heavy atom. The lowest BCUT2D eigenvalue weighted by atomic mass is 9.82. The predicted molar refractivity (Wildman–Crippen MR) is 502 cm³/mol. The first-order valence-corrected chi connectivity index (χ1v) is 48.8. The minimum absolute atomic E-state index is 0.00106. The number of carbonyl (C=O) groups is 19. The zero-order valence-corrected chi connectivity index (χ0v) is 80.9. The Morgan fingerprint density at radius 2 is 1.29 bits per heavy atom. The van der Waals surface area contributed by atoms with Gasteiger partial charge in [-0.2, -0.15) is 0 Å². The number of ketones is 4. The van der Waals surface area contributed by atoms with Crippen LogP contribution in [-0.2, 0) is 115 Å². The van der Waals surface area contributed by atoms with E-state index < -0.39 is 206 Å². The molecule has 4 aromatic rings. The third-order valence-electron chi connectivity index (χ3n) is 22.4. The van der Waals surface area contributed by atoms with E-state index in [2.05, 4.69) is 57.2 Å². The number of nitrogens with zero attached hydrogens (tertiary/aromatic N) is 3. The molecule has 2 heterocycles. The molecule has 0 saturated carbocycles. The number of Topliss-reactive ketones (excluding diaryl/α,β-unsaturated/α-hetero) is 4. The number of ether oxygens (including phenoxy) is 4. The van der Waals surface area contributed by atoms with Crippen LogP contribution < -0.4 is 48.3 Å². The number of nitrogens with two attached hydrogens (primary N) is 1. The number of piperidine rings is 1. The van der Waals surface area contributed by atoms with Crippen LogP contribution in [0.4, 0.5) is 9.59 Å². The molecule has 1 aliphatic heterocycles. The number of aromatic nitrogens is 1. The number of hydrogen-bond acceptors (Lipinski definition) is 30. The molecule has 1 unspecified atom stereocenters. The third kappa shape index (κ3) is 44.2. The van der Waals surface area contributed by atoms with Gasteiger partial charge in [0.1, 0.15) is 28.5 Å². The van der Waals surface area contributed by atoms with Crippen molar-refractivity contribution in [3.05, 3.63) is 118 Å². The first-order valence-electron chi connectivity index (χ1n) is 45.2. The molecule has 0 bridgehead atoms. The number of likely N-dealkylation sites (N-methyl/N-ethyl adjacent to an activating group) is 1. The van der Waals surface area contributed by atoms with Crippen LogP contribution in [0.5, 0.6) is 5.75 Å². The molecule has 15 N–H and O–H groups in total. The number of aliphatic carboxylic acids is 4. The van der Waals surface area contributed by atoms with Crippen molar-refractivity contribution < 1.29 is 136 Å². The molecule has 40 nitrogen and oxygen atoms in total. The van der Waals surface area contributed by atoms with E-state index in [1.54, 1.807) is 91.4 Å². The number of phenolic OH excluding ortho intramolecular Hbond substituents is 1. The van der Waals surface area contributed by atoms with Crippen molar-refractivity contribution in [2.75, 3.05) is 58.6 Å². The largest absolute Gasteiger partial charge is 0.508 e. The summed E-state index contributed by atoms with van der Waals surface area (Å²) in [7, 11) is 4.41. The number of rotatable bonds is 63. The van der Waals surface area contributed by atoms with Crippen molar-refractivity contribution in [2.24, 2.45) is 41.2 Å². The van der Waals surface area contributed by atoms with Crippen LogP contribution in [-0.4, -0.2) is 260 Å². The fourth-order valence-electron chi connectivity index (χ4n) is 14.6. The van der Waals surface area contributed by atoms with E-state index in [9.17, 15) is 112 Å². The van der Waals surface area contributed by atoms with E-state index in [0.29, 0.717) is 41.8 Å². The van der Waals surface area contributed by atoms with Crippen molar-refractivity contribution in [3.8, 4) is 5.75 Å². The van der Waals surface area contributed by atoms with Crippen LogP contribution in [0.15, 0.2) is 90.3 Å². The van der Waals surface area contributed by atoms with Crippen LogP contribution >= 0.6 is 32.9 Å². The highest BCUT2D eigenvalue weighted by Crippen LogP contribution is 2.35. The van der Waals surface area contributed by atoms with Crippen molar-refractivity contribution in [2.45, 2.75) is 245 Å². The number of likely N-dealkylation sites (tertiary alicyclic amines) is 1. The molecule has 0 radical (unpaired) electrons. The van der Waals surface area contributed by atoms with Crippen LogP contribution in [0.2, 0.25) is 0 Å². The second-order valence-corrected chi connectivity index (χ2v) is 37.0. The molecular weight excluding hydrogens is 1830 g/mol. The summed E-state index contributed by atoms with van der Waals surface area (Å²) < 4.78 is 21.2. The summed E-state index contributed by atoms with van der Waals surface area (Å²) in [6.07, 6.45) is 0.146. The minimum atomic E-state index is -1.62. The number of carboxylic acids is 4. The summed E-state index contributed by atoms with van der Waals surface area (Å²) in [6.45, 7) is 14.1. The van der Waals surface area contributed by atoms with Crippen molar-refractivity contribution in [1.82, 2.24) is 57.3 Å². The molecule has 0 spiro atoms. The number of phenols is 1. The summed E-state index contributed by atoms with van der Waals surface area (Å²) in [6, 6.07) is 15.2. The fourth-order valence-corrected chi connectivity index (χ4v) is 16.9. The number of carboxylic acid groups (broad SMARTS) is 4. The number of thiazole rings is 1. The van der Waals surface area contributed by atoms with Crippen molar-refractivity contribution in [3.63, 3.8) is 0 Å². The van der Waals surface area contributed by atoms with Gasteiger partial charge in [-0.3, -0.25) is 81.6 Å². The summed E-state index contributed by atoms with van der Waals surface area (Å²) in [4.78, 5) is 250. The quantitative estimate of drug-likeness (QED) is 0.00683. The Hall–Kier alpha value is -12.0. The van der Waals surface area contributed by atoms with Gasteiger partial charge in [0.05, 0.1) is 50.0 Å². The Balaban J connectivity index is 0.000000570. The normalized spacial score (nSPS) is 15.2. The van der Waals surface area contributed by atoms with Crippen LogP contribution in [0.3, 0.4) is 0 Å². The number of hydrogen-bond donors (Lipinski definition) is 14. The van der Waals surface area contributed by atoms with Crippen LogP contribution in [0.1, 0.15) is 209 Å². The van der Waals surface area contributed by atoms with E-state index >= 15 is 0 Å². The summed E-state index contributed by atoms with van der Waals surface area (Å²) in [5.74, 6) is -15.9. The number of alkyl carbamates (subject to hydrolysis) is 1. The SMILES string of the molecule is CCCOC(=O)NCC(=O)[C@@H](C)C[C@H](Cc1ccc(O)cc1)NC(=O)c1csc([C@@H](C[C@H](C(C)C)N(COC(=O)CCC)C(=O)[C@@H](CC(=O)[C@H]2CCCCN2C)C(C)CC)OC(C)=O)n1.CSSC[C@@H](CC(=O)[C@H](CC(=O)O)NC(=O)[C@@H](N)CNC(=O)[C@@H](CC(=O)[C@H](Cc1ccccc1)NC(=O)CCNC(=O)CC[C@H](NC(=O)N[C@@H](CCC(=O)O)OC=O)C(=O)O)Cc1ccccc1)C(=O)O. The Bertz CT molecular complexity index is 4590. The van der Waals surface area contributed by atoms with Gasteiger partial charge in [-0.25, -0.2) is 19.4 Å². The highest BCUT2D eigenvalue weighted by molar-refractivity contribution is 8.76. The van der Waals surface area contributed by atoms with Gasteiger partial charge in [-0.05, 0) is 118 Å². The Labute approximate surface area is 802 Å². The van der Waals surface area contributed by atoms with Gasteiger partial charge in [-0.1, -0.05) is 156 Å². The molecule has 136 heavy (non-hydrogen) atoms. The monoisotopic (exact) mass is 1960 g/mol. The third-order valence-corrected chi connectivity index (χ3v) is 25.2. The van der Waals surface area contributed by atoms with E-state index in [4.69, 9.17) is 25.1 Å². The van der Waals surface area contributed by atoms with Crippen molar-refractivity contribution >= 4 is 146 Å². The lowest BCUT2D eigenvalue weighted by Crippen LogP contribution is -2.53. The van der Waals surface area contributed by atoms with Gasteiger partial charge in [0.15, 0.2) is 42.2 Å². The number of urea groups is 1. The van der Waals surface area contributed by atoms with E-state index in [1.165, 1.54) is 45.5 Å². The van der Waals surface area contributed by atoms with Crippen molar-refractivity contribution in [1.29, 1.82) is 0 Å². The Kier molecular flexibility index (Phi) is 53.6. The maximum Gasteiger partial charge on any atom is 0.407 e. The van der Waals surface area contributed by atoms with Crippen LogP contribution in [0, 0.1) is 35.5 Å². The summed E-state index contributed by atoms with van der Waals surface area (Å²) in [5.41, 5.74) is 8.22. The molecule has 750 valence electrons. The fraction of sp³-hybridized carbons (Fsp3) is 0.570. The molecule has 5 rings (SSSR count). The number of benzene rings is 3. The first-order chi connectivity index (χ1) is 64.6. The minimum Gasteiger partial charge on any atom is -0.508 e. The maximum absolute atomic E-state index is 14.9. The number of amides is 9. The molecule has 14 atom stereocenters. The first kappa shape index (κ1) is 116. The van der Waals surface area contributed by atoms with Gasteiger partial charge in [0.25, 0.3) is 12.4 Å². The molecule has 1 fully saturated rings. The van der Waals surface area contributed by atoms with Crippen LogP contribution in [0.25, 0.3) is 0 Å². The number of nitrogens with one attached hydrogen (secondary N) is 8. The van der Waals surface area contributed by atoms with Gasteiger partial charge in [0.2, 0.25) is 29.5 Å². The molecule has 9 amide bonds. The molecule has 0 aliphatic carbocycles. The smallest absolute Gasteiger partial charge is 0.407 e. The number of aromatic hydroxyl groups is 1.